The molecule has 4 nitrogen and oxygen atoms in total. The molecule has 0 aromatic heterocycles. The van der Waals surface area contributed by atoms with Gasteiger partial charge in [0.2, 0.25) is 11.4 Å². The van der Waals surface area contributed by atoms with Crippen molar-refractivity contribution in [3.8, 4) is 5.75 Å². The number of hydrogen-bond acceptors (Lipinski definition) is 3. The zero-order valence-corrected chi connectivity index (χ0v) is 16.4. The Morgan fingerprint density at radius 3 is 2.52 bits per heavy atom. The summed E-state index contributed by atoms with van der Waals surface area (Å²) in [5.74, 6) is 0.339. The first kappa shape index (κ1) is 22.8. The summed E-state index contributed by atoms with van der Waals surface area (Å²) in [5, 5.41) is 6.84. The lowest BCUT2D eigenvalue weighted by Gasteiger charge is -2.08. The topological polar surface area (TPSA) is 61.6 Å². The third kappa shape index (κ3) is 9.86. The van der Waals surface area contributed by atoms with E-state index in [4.69, 9.17) is 5.73 Å². The van der Waals surface area contributed by atoms with Gasteiger partial charge in [-0.15, -0.1) is 18.3 Å². The third-order valence-corrected chi connectivity index (χ3v) is 3.68. The van der Waals surface area contributed by atoms with Crippen LogP contribution in [0.5, 0.6) is 5.75 Å². The first-order valence-electron chi connectivity index (χ1n) is 7.54. The van der Waals surface area contributed by atoms with Gasteiger partial charge in [-0.3, -0.25) is 0 Å². The van der Waals surface area contributed by atoms with Crippen molar-refractivity contribution >= 4 is 29.2 Å². The van der Waals surface area contributed by atoms with Crippen molar-refractivity contribution in [1.82, 2.24) is 0 Å². The number of halogens is 4. The molecule has 0 bridgehead atoms. The Morgan fingerprint density at radius 2 is 1.81 bits per heavy atom. The minimum atomic E-state index is -4.72. The lowest BCUT2D eigenvalue weighted by molar-refractivity contribution is -0.456. The summed E-state index contributed by atoms with van der Waals surface area (Å²) < 4.78 is 40.4. The fourth-order valence-corrected chi connectivity index (χ4v) is 2.37. The van der Waals surface area contributed by atoms with Gasteiger partial charge < -0.3 is 27.5 Å². The summed E-state index contributed by atoms with van der Waals surface area (Å²) in [4.78, 5) is 0. The van der Waals surface area contributed by atoms with E-state index in [1.807, 2.05) is 42.5 Å². The van der Waals surface area contributed by atoms with E-state index in [0.29, 0.717) is 16.5 Å². The smallest absolute Gasteiger partial charge is 0.573 e. The number of thioether (sulfide) groups is 1. The molecule has 0 heterocycles. The van der Waals surface area contributed by atoms with E-state index in [9.17, 15) is 13.2 Å². The van der Waals surface area contributed by atoms with Gasteiger partial charge in [-0.2, -0.15) is 0 Å². The van der Waals surface area contributed by atoms with E-state index in [-0.39, 0.29) is 22.7 Å². The Kier molecular flexibility index (Phi) is 9.66. The molecule has 0 spiro atoms. The number of hydrazone groups is 1. The number of amidine groups is 1. The van der Waals surface area contributed by atoms with Gasteiger partial charge in [0.1, 0.15) is 5.75 Å². The average molecular weight is 460 g/mol. The predicted molar refractivity (Wildman–Crippen MR) is 98.8 cm³/mol. The third-order valence-electron chi connectivity index (χ3n) is 2.93. The molecule has 0 fully saturated rings. The van der Waals surface area contributed by atoms with Crippen molar-refractivity contribution in [1.29, 1.82) is 0 Å². The summed E-state index contributed by atoms with van der Waals surface area (Å²) in [6.45, 7) is 0. The zero-order valence-electron chi connectivity index (χ0n) is 14.0. The maximum atomic E-state index is 12.2. The second-order valence-corrected chi connectivity index (χ2v) is 6.01. The van der Waals surface area contributed by atoms with Crippen molar-refractivity contribution in [2.24, 2.45) is 10.8 Å². The van der Waals surface area contributed by atoms with Crippen molar-refractivity contribution in [3.05, 3.63) is 71.8 Å². The lowest BCUT2D eigenvalue weighted by Crippen LogP contribution is -3.00. The van der Waals surface area contributed by atoms with E-state index < -0.39 is 6.36 Å². The van der Waals surface area contributed by atoms with Gasteiger partial charge in [0.15, 0.2) is 0 Å². The highest BCUT2D eigenvalue weighted by Gasteiger charge is 2.31. The predicted octanol–water partition coefficient (Wildman–Crippen LogP) is -0.235. The number of alkyl halides is 3. The quantitative estimate of drug-likeness (QED) is 0.356. The van der Waals surface area contributed by atoms with Crippen molar-refractivity contribution in [2.45, 2.75) is 6.36 Å². The van der Waals surface area contributed by atoms with E-state index in [0.717, 1.165) is 5.56 Å². The number of nitrogens with one attached hydrogen (secondary N) is 1. The van der Waals surface area contributed by atoms with Crippen LogP contribution in [0.1, 0.15) is 11.1 Å². The van der Waals surface area contributed by atoms with E-state index >= 15 is 0 Å². The molecule has 0 radical (unpaired) electrons. The van der Waals surface area contributed by atoms with Crippen molar-refractivity contribution in [2.75, 3.05) is 5.75 Å². The maximum absolute atomic E-state index is 12.2. The first-order chi connectivity index (χ1) is 12.4. The fourth-order valence-electron chi connectivity index (χ4n) is 1.89. The lowest BCUT2D eigenvalue weighted by atomic mass is 10.2. The Bertz CT molecular complexity index is 796. The summed E-state index contributed by atoms with van der Waals surface area (Å²) in [6.07, 6.45) is 0.644. The van der Waals surface area contributed by atoms with Gasteiger partial charge in [0.05, 0.1) is 0 Å². The molecule has 0 aliphatic rings. The van der Waals surface area contributed by atoms with Crippen LogP contribution >= 0.6 is 11.8 Å². The fraction of sp³-hybridized carbons (Fsp3) is 0.111. The standard InChI is InChI=1S/C18H16F3N3OS.BrH/c19-18(20,21)25-16-10-4-8-15(12-16)13-23-24-17(22)26-11-5-9-14-6-2-1-3-7-14;/h1-10,12-13H,11H2,(H2,22,24);1H. The molecule has 2 aromatic rings. The average Bonchev–Trinajstić information content (AvgIpc) is 2.58. The highest BCUT2D eigenvalue weighted by molar-refractivity contribution is 8.13. The Hall–Kier alpha value is -2.26. The second kappa shape index (κ2) is 11.5. The highest BCUT2D eigenvalue weighted by atomic mass is 79.9. The molecule has 27 heavy (non-hydrogen) atoms. The monoisotopic (exact) mass is 459 g/mol. The van der Waals surface area contributed by atoms with Crippen LogP contribution in [0, 0.1) is 0 Å². The van der Waals surface area contributed by atoms with Crippen molar-refractivity contribution < 1.29 is 40.0 Å². The molecule has 0 saturated carbocycles. The highest BCUT2D eigenvalue weighted by Crippen LogP contribution is 2.22. The van der Waals surface area contributed by atoms with Gasteiger partial charge in [-0.1, -0.05) is 60.3 Å². The van der Waals surface area contributed by atoms with Gasteiger partial charge in [-0.05, 0) is 23.8 Å². The number of ether oxygens (including phenoxy) is 1. The van der Waals surface area contributed by atoms with E-state index in [1.54, 1.807) is 6.07 Å². The number of nitrogens with zero attached hydrogens (tertiary/aromatic N) is 1. The molecule has 0 amide bonds. The summed E-state index contributed by atoms with van der Waals surface area (Å²) in [7, 11) is 0. The van der Waals surface area contributed by atoms with E-state index in [2.05, 4.69) is 14.9 Å². The molecule has 2 aromatic carbocycles. The molecule has 0 atom stereocenters. The Morgan fingerprint density at radius 1 is 1.11 bits per heavy atom. The van der Waals surface area contributed by atoms with Crippen LogP contribution in [0.2, 0.25) is 0 Å². The second-order valence-electron chi connectivity index (χ2n) is 4.97. The first-order valence-corrected chi connectivity index (χ1v) is 8.53. The Balaban J connectivity index is 0.00000364. The minimum Gasteiger partial charge on any atom is -1.00 e. The summed E-state index contributed by atoms with van der Waals surface area (Å²) >= 11 is 1.33. The number of rotatable bonds is 6. The molecular formula is C18H17BrF3N3OS. The Labute approximate surface area is 169 Å². The molecule has 0 unspecified atom stereocenters. The van der Waals surface area contributed by atoms with Gasteiger partial charge in [0.25, 0.3) is 0 Å². The molecule has 0 aliphatic heterocycles. The molecule has 0 aliphatic carbocycles. The number of hydrogen-bond donors (Lipinski definition) is 2. The number of nitrogens with two attached hydrogens (primary N) is 1. The minimum absolute atomic E-state index is 0. The van der Waals surface area contributed by atoms with Crippen LogP contribution in [-0.2, 0) is 0 Å². The molecule has 2 rings (SSSR count). The maximum Gasteiger partial charge on any atom is 0.573 e. The molecular weight excluding hydrogens is 443 g/mol. The van der Waals surface area contributed by atoms with E-state index in [1.165, 1.54) is 36.2 Å². The molecule has 144 valence electrons. The van der Waals surface area contributed by atoms with Crippen LogP contribution in [0.25, 0.3) is 6.08 Å². The van der Waals surface area contributed by atoms with Crippen LogP contribution in [0.3, 0.4) is 0 Å². The summed E-state index contributed by atoms with van der Waals surface area (Å²) in [6, 6.07) is 15.4. The van der Waals surface area contributed by atoms with Crippen LogP contribution in [0.4, 0.5) is 13.2 Å². The van der Waals surface area contributed by atoms with Crippen LogP contribution in [-0.4, -0.2) is 23.5 Å². The molecule has 9 heteroatoms. The zero-order chi connectivity index (χ0) is 18.8. The normalized spacial score (nSPS) is 12.3. The molecule has 0 saturated heterocycles. The molecule has 3 N–H and O–H groups in total. The van der Waals surface area contributed by atoms with Gasteiger partial charge >= 0.3 is 6.36 Å². The number of benzene rings is 2. The van der Waals surface area contributed by atoms with Crippen LogP contribution < -0.4 is 32.6 Å². The van der Waals surface area contributed by atoms with Crippen LogP contribution in [0.15, 0.2) is 65.8 Å². The van der Waals surface area contributed by atoms with Gasteiger partial charge in [-0.25, -0.2) is 0 Å². The summed E-state index contributed by atoms with van der Waals surface area (Å²) in [5.41, 5.74) is 7.32. The largest absolute Gasteiger partial charge is 1.00 e. The van der Waals surface area contributed by atoms with Crippen molar-refractivity contribution in [3.63, 3.8) is 0 Å². The SMILES string of the molecule is NC(=N[NH+]=Cc1cccc(OC(F)(F)F)c1)SCC=Cc1ccccc1.[Br-]. The van der Waals surface area contributed by atoms with Gasteiger partial charge in [0, 0.05) is 16.4 Å².